The van der Waals surface area contributed by atoms with Gasteiger partial charge >= 0.3 is 5.97 Å². The van der Waals surface area contributed by atoms with Gasteiger partial charge in [0.25, 0.3) is 0 Å². The number of pyridine rings is 1. The molecule has 3 aromatic rings. The highest BCUT2D eigenvalue weighted by atomic mass is 16.6. The number of carboxylic acid groups (broad SMARTS) is 1. The Morgan fingerprint density at radius 3 is 2.76 bits per heavy atom. The molecular formula is C27H28N2O4. The quantitative estimate of drug-likeness (QED) is 0.346. The van der Waals surface area contributed by atoms with Crippen LogP contribution in [0.3, 0.4) is 0 Å². The van der Waals surface area contributed by atoms with Crippen LogP contribution < -0.4 is 10.2 Å². The van der Waals surface area contributed by atoms with Crippen LogP contribution in [0.2, 0.25) is 0 Å². The number of rotatable bonds is 10. The summed E-state index contributed by atoms with van der Waals surface area (Å²) < 4.78 is 5.50. The van der Waals surface area contributed by atoms with Crippen LogP contribution in [-0.2, 0) is 22.5 Å². The molecule has 4 rings (SSSR count). The lowest BCUT2D eigenvalue weighted by Crippen LogP contribution is -2.24. The van der Waals surface area contributed by atoms with Gasteiger partial charge in [-0.05, 0) is 60.1 Å². The van der Waals surface area contributed by atoms with Crippen LogP contribution in [0.15, 0.2) is 79.1 Å². The van der Waals surface area contributed by atoms with E-state index >= 15 is 0 Å². The normalized spacial score (nSPS) is 15.1. The summed E-state index contributed by atoms with van der Waals surface area (Å²) in [4.78, 5) is 21.0. The van der Waals surface area contributed by atoms with Crippen molar-refractivity contribution in [1.29, 1.82) is 0 Å². The fourth-order valence-electron chi connectivity index (χ4n) is 4.15. The van der Waals surface area contributed by atoms with Gasteiger partial charge in [0.05, 0.1) is 12.6 Å². The van der Waals surface area contributed by atoms with E-state index in [4.69, 9.17) is 14.7 Å². The molecule has 170 valence electrons. The number of aromatic nitrogens is 1. The molecule has 33 heavy (non-hydrogen) atoms. The van der Waals surface area contributed by atoms with Crippen LogP contribution in [-0.4, -0.2) is 29.3 Å². The van der Waals surface area contributed by atoms with Gasteiger partial charge in [0.2, 0.25) is 0 Å². The molecule has 0 bridgehead atoms. The second-order valence-electron chi connectivity index (χ2n) is 8.01. The molecule has 1 aromatic heterocycles. The molecule has 0 spiro atoms. The fourth-order valence-corrected chi connectivity index (χ4v) is 4.15. The van der Waals surface area contributed by atoms with E-state index in [1.807, 2.05) is 48.7 Å². The third-order valence-corrected chi connectivity index (χ3v) is 5.71. The zero-order valence-corrected chi connectivity index (χ0v) is 18.4. The summed E-state index contributed by atoms with van der Waals surface area (Å²) >= 11 is 0. The lowest BCUT2D eigenvalue weighted by atomic mass is 9.86. The summed E-state index contributed by atoms with van der Waals surface area (Å²) in [6.45, 7) is 0.0835. The van der Waals surface area contributed by atoms with E-state index in [9.17, 15) is 4.79 Å². The molecule has 2 aromatic carbocycles. The van der Waals surface area contributed by atoms with Gasteiger partial charge in [-0.25, -0.2) is 4.79 Å². The molecule has 1 aliphatic carbocycles. The molecule has 0 saturated heterocycles. The highest BCUT2D eigenvalue weighted by Gasteiger charge is 2.18. The summed E-state index contributed by atoms with van der Waals surface area (Å²) in [5.41, 5.74) is 8.88. The number of carbonyl (C=O) groups is 1. The van der Waals surface area contributed by atoms with Gasteiger partial charge < -0.3 is 9.84 Å². The molecule has 1 heterocycles. The number of nitrogens with one attached hydrogen (secondary N) is 1. The highest BCUT2D eigenvalue weighted by Crippen LogP contribution is 2.36. The van der Waals surface area contributed by atoms with Crippen molar-refractivity contribution in [2.45, 2.75) is 31.7 Å². The van der Waals surface area contributed by atoms with Crippen molar-refractivity contribution < 1.29 is 19.5 Å². The Morgan fingerprint density at radius 2 is 1.97 bits per heavy atom. The molecule has 1 unspecified atom stereocenters. The Labute approximate surface area is 193 Å². The molecule has 1 aliphatic rings. The van der Waals surface area contributed by atoms with Crippen molar-refractivity contribution >= 4 is 11.5 Å². The third-order valence-electron chi connectivity index (χ3n) is 5.71. The monoisotopic (exact) mass is 444 g/mol. The van der Waals surface area contributed by atoms with Crippen molar-refractivity contribution in [3.05, 3.63) is 101 Å². The van der Waals surface area contributed by atoms with Crippen LogP contribution in [0, 0.1) is 0 Å². The fraction of sp³-hybridized carbons (Fsp3) is 0.259. The maximum absolute atomic E-state index is 10.9. The number of hydrogen-bond acceptors (Lipinski definition) is 5. The number of carboxylic acids is 1. The maximum atomic E-state index is 10.9. The van der Waals surface area contributed by atoms with Crippen LogP contribution in [0.4, 0.5) is 0 Å². The van der Waals surface area contributed by atoms with Crippen LogP contribution >= 0.6 is 0 Å². The first kappa shape index (κ1) is 22.7. The topological polar surface area (TPSA) is 80.7 Å². The molecule has 0 saturated carbocycles. The SMILES string of the molecule is O=C(O)COc1cccc2c1CCCC2=CCONC(Cc1ccccc1)c1cccnc1. The van der Waals surface area contributed by atoms with Gasteiger partial charge in [0, 0.05) is 18.0 Å². The smallest absolute Gasteiger partial charge is 0.341 e. The van der Waals surface area contributed by atoms with Crippen LogP contribution in [0.1, 0.15) is 41.1 Å². The second-order valence-corrected chi connectivity index (χ2v) is 8.01. The van der Waals surface area contributed by atoms with E-state index in [2.05, 4.69) is 34.7 Å². The minimum atomic E-state index is -0.975. The van der Waals surface area contributed by atoms with Gasteiger partial charge in [-0.3, -0.25) is 9.82 Å². The van der Waals surface area contributed by atoms with Crippen molar-refractivity contribution in [1.82, 2.24) is 10.5 Å². The van der Waals surface area contributed by atoms with E-state index in [0.717, 1.165) is 42.4 Å². The second kappa shape index (κ2) is 11.4. The minimum absolute atomic E-state index is 0.0193. The van der Waals surface area contributed by atoms with Gasteiger partial charge in [-0.15, -0.1) is 0 Å². The first-order chi connectivity index (χ1) is 16.2. The van der Waals surface area contributed by atoms with Crippen LogP contribution in [0.5, 0.6) is 5.75 Å². The Kier molecular flexibility index (Phi) is 7.85. The highest BCUT2D eigenvalue weighted by molar-refractivity contribution is 5.73. The number of hydroxylamine groups is 1. The zero-order valence-electron chi connectivity index (χ0n) is 18.4. The molecule has 0 fully saturated rings. The van der Waals surface area contributed by atoms with Crippen molar-refractivity contribution in [3.8, 4) is 5.75 Å². The van der Waals surface area contributed by atoms with E-state index in [1.165, 1.54) is 11.1 Å². The Bertz CT molecular complexity index is 1080. The first-order valence-electron chi connectivity index (χ1n) is 11.2. The predicted octanol–water partition coefficient (Wildman–Crippen LogP) is 4.77. The molecule has 1 atom stereocenters. The molecule has 6 nitrogen and oxygen atoms in total. The van der Waals surface area contributed by atoms with Gasteiger partial charge in [-0.2, -0.15) is 5.48 Å². The molecule has 0 aliphatic heterocycles. The Hall–Kier alpha value is -3.48. The van der Waals surface area contributed by atoms with E-state index in [-0.39, 0.29) is 12.6 Å². The lowest BCUT2D eigenvalue weighted by Gasteiger charge is -2.22. The van der Waals surface area contributed by atoms with Gasteiger partial charge in [0.15, 0.2) is 6.61 Å². The lowest BCUT2D eigenvalue weighted by molar-refractivity contribution is -0.139. The largest absolute Gasteiger partial charge is 0.482 e. The standard InChI is InChI=1S/C27H28N2O4/c30-27(31)19-32-26-13-5-11-23-21(9-4-12-24(23)26)14-16-33-29-25(22-10-6-15-28-18-22)17-20-7-2-1-3-8-20/h1-3,5-8,10-11,13-15,18,25,29H,4,9,12,16-17,19H2,(H,30,31). The number of hydrogen-bond donors (Lipinski definition) is 2. The first-order valence-corrected chi connectivity index (χ1v) is 11.2. The van der Waals surface area contributed by atoms with Crippen molar-refractivity contribution in [2.75, 3.05) is 13.2 Å². The van der Waals surface area contributed by atoms with E-state index in [1.54, 1.807) is 6.20 Å². The van der Waals surface area contributed by atoms with Crippen molar-refractivity contribution in [3.63, 3.8) is 0 Å². The number of fused-ring (bicyclic) bond motifs is 1. The maximum Gasteiger partial charge on any atom is 0.341 e. The number of benzene rings is 2. The predicted molar refractivity (Wildman–Crippen MR) is 127 cm³/mol. The molecule has 2 N–H and O–H groups in total. The average Bonchev–Trinajstić information content (AvgIpc) is 2.85. The number of nitrogens with zero attached hydrogens (tertiary/aromatic N) is 1. The Balaban J connectivity index is 1.42. The molecule has 0 amide bonds. The van der Waals surface area contributed by atoms with Crippen LogP contribution in [0.25, 0.3) is 5.57 Å². The summed E-state index contributed by atoms with van der Waals surface area (Å²) in [6.07, 6.45) is 9.33. The zero-order chi connectivity index (χ0) is 22.9. The minimum Gasteiger partial charge on any atom is -0.482 e. The van der Waals surface area contributed by atoms with E-state index in [0.29, 0.717) is 12.4 Å². The summed E-state index contributed by atoms with van der Waals surface area (Å²) in [6, 6.07) is 20.1. The molecular weight excluding hydrogens is 416 g/mol. The number of aliphatic carboxylic acids is 1. The molecule has 0 radical (unpaired) electrons. The van der Waals surface area contributed by atoms with Crippen molar-refractivity contribution in [2.24, 2.45) is 0 Å². The number of allylic oxidation sites excluding steroid dienone is 1. The van der Waals surface area contributed by atoms with Gasteiger partial charge in [-0.1, -0.05) is 54.6 Å². The summed E-state index contributed by atoms with van der Waals surface area (Å²) in [5.74, 6) is -0.323. The average molecular weight is 445 g/mol. The number of ether oxygens (including phenoxy) is 1. The summed E-state index contributed by atoms with van der Waals surface area (Å²) in [7, 11) is 0. The molecule has 6 heteroatoms. The summed E-state index contributed by atoms with van der Waals surface area (Å²) in [5, 5.41) is 8.93. The third kappa shape index (κ3) is 6.28. The van der Waals surface area contributed by atoms with E-state index < -0.39 is 5.97 Å². The van der Waals surface area contributed by atoms with Gasteiger partial charge in [0.1, 0.15) is 5.75 Å². The Morgan fingerprint density at radius 1 is 1.09 bits per heavy atom.